The lowest BCUT2D eigenvalue weighted by atomic mass is 10.2. The predicted octanol–water partition coefficient (Wildman–Crippen LogP) is 1.36. The van der Waals surface area contributed by atoms with Crippen LogP contribution in [0.4, 0.5) is 0 Å². The predicted molar refractivity (Wildman–Crippen MR) is 66.3 cm³/mol. The molecule has 5 heteroatoms. The maximum atomic E-state index is 8.36. The fourth-order valence-corrected chi connectivity index (χ4v) is 1.25. The van der Waals surface area contributed by atoms with Crippen LogP contribution in [0.1, 0.15) is 18.9 Å². The van der Waals surface area contributed by atoms with Crippen LogP contribution in [0.3, 0.4) is 0 Å². The molecule has 0 aliphatic carbocycles. The average molecular weight is 232 g/mol. The topological polar surface area (TPSA) is 83.4 Å². The molecule has 0 aliphatic heterocycles. The van der Waals surface area contributed by atoms with Gasteiger partial charge in [-0.2, -0.15) is 5.26 Å². The summed E-state index contributed by atoms with van der Waals surface area (Å²) in [5, 5.41) is 10.6. The van der Waals surface area contributed by atoms with E-state index in [4.69, 9.17) is 15.7 Å². The Bertz CT molecular complexity index is 423. The van der Waals surface area contributed by atoms with Gasteiger partial charge in [0.15, 0.2) is 6.19 Å². The second-order valence-electron chi connectivity index (χ2n) is 3.39. The van der Waals surface area contributed by atoms with Crippen molar-refractivity contribution in [3.63, 3.8) is 0 Å². The summed E-state index contributed by atoms with van der Waals surface area (Å²) in [6.07, 6.45) is 2.67. The number of nitrogens with zero attached hydrogens (tertiary/aromatic N) is 2. The van der Waals surface area contributed by atoms with E-state index in [1.54, 1.807) is 6.19 Å². The molecule has 0 aromatic heterocycles. The van der Waals surface area contributed by atoms with Crippen molar-refractivity contribution in [3.05, 3.63) is 29.8 Å². The van der Waals surface area contributed by atoms with Gasteiger partial charge in [-0.1, -0.05) is 25.1 Å². The lowest BCUT2D eigenvalue weighted by Crippen LogP contribution is -2.27. The molecule has 0 amide bonds. The quantitative estimate of drug-likeness (QED) is 0.347. The molecule has 1 aromatic rings. The first-order valence-corrected chi connectivity index (χ1v) is 5.43. The van der Waals surface area contributed by atoms with Gasteiger partial charge in [0.05, 0.1) is 13.2 Å². The van der Waals surface area contributed by atoms with Crippen LogP contribution in [0.15, 0.2) is 29.3 Å². The van der Waals surface area contributed by atoms with Gasteiger partial charge >= 0.3 is 0 Å². The third-order valence-electron chi connectivity index (χ3n) is 2.04. The van der Waals surface area contributed by atoms with E-state index < -0.39 is 0 Å². The maximum absolute atomic E-state index is 8.36. The molecule has 0 saturated carbocycles. The third kappa shape index (κ3) is 4.43. The first-order valence-electron chi connectivity index (χ1n) is 5.43. The van der Waals surface area contributed by atoms with Crippen LogP contribution in [0.5, 0.6) is 5.75 Å². The van der Waals surface area contributed by atoms with Crippen LogP contribution < -0.4 is 15.8 Å². The Morgan fingerprint density at radius 2 is 2.29 bits per heavy atom. The molecule has 1 aromatic carbocycles. The molecular formula is C12H16N4O. The summed E-state index contributed by atoms with van der Waals surface area (Å²) in [7, 11) is 0. The van der Waals surface area contributed by atoms with Crippen LogP contribution in [0, 0.1) is 11.5 Å². The molecule has 0 atom stereocenters. The molecule has 0 saturated heterocycles. The maximum Gasteiger partial charge on any atom is 0.202 e. The van der Waals surface area contributed by atoms with Crippen LogP contribution in [-0.4, -0.2) is 12.6 Å². The highest BCUT2D eigenvalue weighted by atomic mass is 16.5. The number of guanidine groups is 1. The molecule has 3 N–H and O–H groups in total. The van der Waals surface area contributed by atoms with Gasteiger partial charge in [0, 0.05) is 5.56 Å². The van der Waals surface area contributed by atoms with Crippen LogP contribution in [-0.2, 0) is 6.54 Å². The van der Waals surface area contributed by atoms with E-state index in [9.17, 15) is 0 Å². The van der Waals surface area contributed by atoms with Crippen LogP contribution in [0.2, 0.25) is 0 Å². The highest BCUT2D eigenvalue weighted by Crippen LogP contribution is 2.18. The highest BCUT2D eigenvalue weighted by Gasteiger charge is 2.01. The molecule has 0 aliphatic rings. The fourth-order valence-electron chi connectivity index (χ4n) is 1.25. The van der Waals surface area contributed by atoms with Crippen molar-refractivity contribution in [3.8, 4) is 11.9 Å². The number of nitrogens with one attached hydrogen (secondary N) is 1. The lowest BCUT2D eigenvalue weighted by Gasteiger charge is -2.09. The van der Waals surface area contributed by atoms with Crippen LogP contribution >= 0.6 is 0 Å². The summed E-state index contributed by atoms with van der Waals surface area (Å²) in [6.45, 7) is 3.11. The SMILES string of the molecule is CCCOc1ccccc1CN=C(N)NC#N. The normalized spacial score (nSPS) is 10.7. The summed E-state index contributed by atoms with van der Waals surface area (Å²) in [5.74, 6) is 0.917. The van der Waals surface area contributed by atoms with E-state index in [0.29, 0.717) is 13.2 Å². The smallest absolute Gasteiger partial charge is 0.202 e. The van der Waals surface area contributed by atoms with Crippen molar-refractivity contribution in [1.29, 1.82) is 5.26 Å². The average Bonchev–Trinajstić information content (AvgIpc) is 2.35. The summed E-state index contributed by atoms with van der Waals surface area (Å²) < 4.78 is 5.58. The standard InChI is InChI=1S/C12H16N4O/c1-2-7-17-11-6-4-3-5-10(11)8-15-12(14)16-9-13/h3-6H,2,7-8H2,1H3,(H3,14,15,16). The molecule has 0 spiro atoms. The number of benzene rings is 1. The molecule has 90 valence electrons. The monoisotopic (exact) mass is 232 g/mol. The zero-order chi connectivity index (χ0) is 12.5. The zero-order valence-corrected chi connectivity index (χ0v) is 9.81. The molecule has 1 rings (SSSR count). The van der Waals surface area contributed by atoms with Crippen molar-refractivity contribution in [2.45, 2.75) is 19.9 Å². The Labute approximate surface area is 101 Å². The largest absolute Gasteiger partial charge is 0.493 e. The lowest BCUT2D eigenvalue weighted by molar-refractivity contribution is 0.314. The summed E-state index contributed by atoms with van der Waals surface area (Å²) in [6, 6.07) is 7.65. The van der Waals surface area contributed by atoms with Gasteiger partial charge in [0.2, 0.25) is 5.96 Å². The van der Waals surface area contributed by atoms with Crippen LogP contribution in [0.25, 0.3) is 0 Å². The van der Waals surface area contributed by atoms with E-state index in [1.165, 1.54) is 0 Å². The second kappa shape index (κ2) is 7.12. The number of nitriles is 1. The number of ether oxygens (including phenoxy) is 1. The van der Waals surface area contributed by atoms with E-state index in [2.05, 4.69) is 17.2 Å². The second-order valence-corrected chi connectivity index (χ2v) is 3.39. The Morgan fingerprint density at radius 3 is 3.00 bits per heavy atom. The fraction of sp³-hybridized carbons (Fsp3) is 0.333. The number of rotatable bonds is 5. The molecule has 0 unspecified atom stereocenters. The number of nitrogens with two attached hydrogens (primary N) is 1. The Balaban J connectivity index is 2.70. The minimum Gasteiger partial charge on any atom is -0.493 e. The van der Waals surface area contributed by atoms with Crippen molar-refractivity contribution in [2.75, 3.05) is 6.61 Å². The Morgan fingerprint density at radius 1 is 1.53 bits per heavy atom. The minimum atomic E-state index is 0.109. The van der Waals surface area contributed by atoms with Crippen molar-refractivity contribution >= 4 is 5.96 Å². The van der Waals surface area contributed by atoms with Gasteiger partial charge < -0.3 is 10.5 Å². The van der Waals surface area contributed by atoms with Gasteiger partial charge in [-0.25, -0.2) is 4.99 Å². The summed E-state index contributed by atoms with van der Waals surface area (Å²) in [5.41, 5.74) is 6.41. The number of hydrogen-bond donors (Lipinski definition) is 2. The van der Waals surface area contributed by atoms with Gasteiger partial charge in [-0.05, 0) is 12.5 Å². The van der Waals surface area contributed by atoms with E-state index >= 15 is 0 Å². The molecule has 5 nitrogen and oxygen atoms in total. The minimum absolute atomic E-state index is 0.109. The van der Waals surface area contributed by atoms with Crippen molar-refractivity contribution in [2.24, 2.45) is 10.7 Å². The molecule has 17 heavy (non-hydrogen) atoms. The van der Waals surface area contributed by atoms with E-state index in [0.717, 1.165) is 17.7 Å². The Kier molecular flexibility index (Phi) is 5.38. The Hall–Kier alpha value is -2.22. The molecular weight excluding hydrogens is 216 g/mol. The first-order chi connectivity index (χ1) is 8.27. The van der Waals surface area contributed by atoms with E-state index in [-0.39, 0.29) is 5.96 Å². The van der Waals surface area contributed by atoms with E-state index in [1.807, 2.05) is 24.3 Å². The van der Waals surface area contributed by atoms with Gasteiger partial charge in [0.25, 0.3) is 0 Å². The summed E-state index contributed by atoms with van der Waals surface area (Å²) >= 11 is 0. The number of para-hydroxylation sites is 1. The molecule has 0 heterocycles. The molecule has 0 bridgehead atoms. The van der Waals surface area contributed by atoms with Gasteiger partial charge in [0.1, 0.15) is 5.75 Å². The van der Waals surface area contributed by atoms with Gasteiger partial charge in [-0.15, -0.1) is 0 Å². The number of hydrogen-bond acceptors (Lipinski definition) is 3. The number of aliphatic imine (C=N–C) groups is 1. The molecule has 0 fully saturated rings. The third-order valence-corrected chi connectivity index (χ3v) is 2.04. The zero-order valence-electron chi connectivity index (χ0n) is 9.81. The highest BCUT2D eigenvalue weighted by molar-refractivity contribution is 5.79. The first kappa shape index (κ1) is 12.8. The van der Waals surface area contributed by atoms with Gasteiger partial charge in [-0.3, -0.25) is 5.32 Å². The summed E-state index contributed by atoms with van der Waals surface area (Å²) in [4.78, 5) is 4.03. The van der Waals surface area contributed by atoms with Crippen molar-refractivity contribution in [1.82, 2.24) is 5.32 Å². The van der Waals surface area contributed by atoms with Crippen molar-refractivity contribution < 1.29 is 4.74 Å². The molecule has 0 radical (unpaired) electrons.